The van der Waals surface area contributed by atoms with Gasteiger partial charge in [-0.25, -0.2) is 0 Å². The van der Waals surface area contributed by atoms with Crippen LogP contribution in [0.3, 0.4) is 0 Å². The molecule has 8 heteroatoms. The van der Waals surface area contributed by atoms with E-state index in [9.17, 15) is 18.3 Å². The van der Waals surface area contributed by atoms with Crippen molar-refractivity contribution in [1.29, 1.82) is 0 Å². The van der Waals surface area contributed by atoms with Crippen molar-refractivity contribution in [3.63, 3.8) is 0 Å². The van der Waals surface area contributed by atoms with Gasteiger partial charge in [0, 0.05) is 27.3 Å². The van der Waals surface area contributed by atoms with E-state index in [2.05, 4.69) is 20.9 Å². The fourth-order valence-electron chi connectivity index (χ4n) is 1.53. The Hall–Kier alpha value is -0.630. The number of alkyl halides is 3. The molecule has 2 aromatic heterocycles. The molecule has 0 aliphatic carbocycles. The monoisotopic (exact) mass is 371 g/mol. The smallest absolute Gasteiger partial charge is 0.383 e. The van der Waals surface area contributed by atoms with Gasteiger partial charge in [0.15, 0.2) is 0 Å². The van der Waals surface area contributed by atoms with E-state index in [1.54, 1.807) is 0 Å². The van der Waals surface area contributed by atoms with E-state index in [0.717, 1.165) is 29.8 Å². The molecule has 0 aliphatic heterocycles. The second-order valence-corrected chi connectivity index (χ2v) is 6.17. The zero-order valence-electron chi connectivity index (χ0n) is 9.08. The van der Waals surface area contributed by atoms with Gasteiger partial charge in [0.2, 0.25) is 0 Å². The Morgan fingerprint density at radius 2 is 2.11 bits per heavy atom. The number of thiophene rings is 1. The van der Waals surface area contributed by atoms with Crippen LogP contribution in [0.25, 0.3) is 0 Å². The fraction of sp³-hybridized carbons (Fsp3) is 0.182. The van der Waals surface area contributed by atoms with Gasteiger partial charge in [-0.2, -0.15) is 13.2 Å². The minimum absolute atomic E-state index is 0.291. The third-order valence-corrected chi connectivity index (χ3v) is 4.91. The number of rotatable bonds is 2. The van der Waals surface area contributed by atoms with Gasteiger partial charge < -0.3 is 5.11 Å². The number of halogens is 5. The van der Waals surface area contributed by atoms with Crippen molar-refractivity contribution in [2.75, 3.05) is 0 Å². The lowest BCUT2D eigenvalue weighted by molar-refractivity contribution is -0.139. The maximum atomic E-state index is 12.8. The first-order valence-corrected chi connectivity index (χ1v) is 6.93. The summed E-state index contributed by atoms with van der Waals surface area (Å²) >= 11 is 9.97. The number of hydrogen-bond acceptors (Lipinski definition) is 3. The van der Waals surface area contributed by atoms with E-state index in [4.69, 9.17) is 11.6 Å². The second-order valence-electron chi connectivity index (χ2n) is 3.63. The van der Waals surface area contributed by atoms with Gasteiger partial charge in [-0.1, -0.05) is 11.6 Å². The van der Waals surface area contributed by atoms with Crippen molar-refractivity contribution < 1.29 is 18.3 Å². The Kier molecular flexibility index (Phi) is 4.20. The van der Waals surface area contributed by atoms with E-state index in [1.807, 2.05) is 0 Å². The van der Waals surface area contributed by atoms with Crippen LogP contribution < -0.4 is 0 Å². The minimum atomic E-state index is -4.54. The van der Waals surface area contributed by atoms with Crippen LogP contribution in [-0.2, 0) is 6.18 Å². The van der Waals surface area contributed by atoms with Gasteiger partial charge in [-0.3, -0.25) is 4.98 Å². The summed E-state index contributed by atoms with van der Waals surface area (Å²) in [5.74, 6) is 0. The highest BCUT2D eigenvalue weighted by Gasteiger charge is 2.35. The Bertz CT molecular complexity index is 582. The molecule has 0 saturated carbocycles. The van der Waals surface area contributed by atoms with Gasteiger partial charge in [0.25, 0.3) is 0 Å². The number of nitrogens with zero attached hydrogens (tertiary/aromatic N) is 1. The summed E-state index contributed by atoms with van der Waals surface area (Å²) in [6.45, 7) is 0. The highest BCUT2D eigenvalue weighted by molar-refractivity contribution is 9.10. The Morgan fingerprint density at radius 3 is 2.63 bits per heavy atom. The van der Waals surface area contributed by atoms with Crippen LogP contribution in [0.5, 0.6) is 0 Å². The highest BCUT2D eigenvalue weighted by Crippen LogP contribution is 2.40. The number of aliphatic hydroxyl groups is 1. The van der Waals surface area contributed by atoms with Crippen LogP contribution in [0.2, 0.25) is 4.34 Å². The minimum Gasteiger partial charge on any atom is -0.383 e. The predicted octanol–water partition coefficient (Wildman–Crippen LogP) is 4.66. The first kappa shape index (κ1) is 14.8. The number of hydrogen-bond donors (Lipinski definition) is 1. The van der Waals surface area contributed by atoms with E-state index in [1.165, 1.54) is 6.07 Å². The maximum absolute atomic E-state index is 12.8. The summed E-state index contributed by atoms with van der Waals surface area (Å²) in [5.41, 5.74) is -1.20. The lowest BCUT2D eigenvalue weighted by atomic mass is 10.0. The number of pyridine rings is 1. The first-order chi connectivity index (χ1) is 8.80. The SMILES string of the molecule is OC(c1cc(Br)c(Cl)s1)c1cnccc1C(F)(F)F. The molecule has 0 aliphatic rings. The van der Waals surface area contributed by atoms with Gasteiger partial charge in [0.05, 0.1) is 5.56 Å². The topological polar surface area (TPSA) is 33.1 Å². The molecule has 0 amide bonds. The molecular formula is C11H6BrClF3NOS. The fourth-order valence-corrected chi connectivity index (χ4v) is 3.28. The summed E-state index contributed by atoms with van der Waals surface area (Å²) in [7, 11) is 0. The van der Waals surface area contributed by atoms with Crippen LogP contribution in [0, 0.1) is 0 Å². The van der Waals surface area contributed by atoms with Gasteiger partial charge in [-0.05, 0) is 28.1 Å². The molecule has 0 fully saturated rings. The average Bonchev–Trinajstić information content (AvgIpc) is 2.68. The molecule has 1 unspecified atom stereocenters. The van der Waals surface area contributed by atoms with Crippen molar-refractivity contribution in [3.05, 3.63) is 49.3 Å². The Balaban J connectivity index is 2.47. The molecule has 2 nitrogen and oxygen atoms in total. The molecule has 0 radical (unpaired) electrons. The molecule has 0 bridgehead atoms. The standard InChI is InChI=1S/C11H6BrClF3NOS/c12-7-3-8(19-10(7)13)9(18)5-4-17-2-1-6(5)11(14,15)16/h1-4,9,18H. The molecule has 0 aromatic carbocycles. The van der Waals surface area contributed by atoms with Crippen molar-refractivity contribution in [2.45, 2.75) is 12.3 Å². The van der Waals surface area contributed by atoms with E-state index < -0.39 is 17.8 Å². The molecule has 1 atom stereocenters. The van der Waals surface area contributed by atoms with Crippen molar-refractivity contribution >= 4 is 38.9 Å². The van der Waals surface area contributed by atoms with Gasteiger partial charge >= 0.3 is 6.18 Å². The molecule has 2 heterocycles. The quantitative estimate of drug-likeness (QED) is 0.832. The van der Waals surface area contributed by atoms with Crippen LogP contribution in [0.4, 0.5) is 13.2 Å². The highest BCUT2D eigenvalue weighted by atomic mass is 79.9. The van der Waals surface area contributed by atoms with Crippen LogP contribution in [-0.4, -0.2) is 10.1 Å². The van der Waals surface area contributed by atoms with Crippen LogP contribution >= 0.6 is 38.9 Å². The van der Waals surface area contributed by atoms with E-state index >= 15 is 0 Å². The average molecular weight is 373 g/mol. The molecule has 0 spiro atoms. The van der Waals surface area contributed by atoms with Gasteiger partial charge in [0.1, 0.15) is 10.4 Å². The van der Waals surface area contributed by atoms with E-state index in [0.29, 0.717) is 13.7 Å². The zero-order chi connectivity index (χ0) is 14.2. The predicted molar refractivity (Wildman–Crippen MR) is 70.3 cm³/mol. The largest absolute Gasteiger partial charge is 0.416 e. The number of aliphatic hydroxyl groups excluding tert-OH is 1. The summed E-state index contributed by atoms with van der Waals surface area (Å²) in [4.78, 5) is 3.95. The van der Waals surface area contributed by atoms with Crippen LogP contribution in [0.15, 0.2) is 29.0 Å². The maximum Gasteiger partial charge on any atom is 0.416 e. The molecule has 2 rings (SSSR count). The van der Waals surface area contributed by atoms with Gasteiger partial charge in [-0.15, -0.1) is 11.3 Å². The summed E-state index contributed by atoms with van der Waals surface area (Å²) in [6.07, 6.45) is -3.91. The number of aromatic nitrogens is 1. The molecule has 0 saturated heterocycles. The Morgan fingerprint density at radius 1 is 1.42 bits per heavy atom. The Labute approximate surface area is 124 Å². The van der Waals surface area contributed by atoms with Crippen molar-refractivity contribution in [1.82, 2.24) is 4.98 Å². The molecule has 1 N–H and O–H groups in total. The van der Waals surface area contributed by atoms with Crippen molar-refractivity contribution in [2.24, 2.45) is 0 Å². The normalized spacial score (nSPS) is 13.6. The third-order valence-electron chi connectivity index (χ3n) is 2.39. The zero-order valence-corrected chi connectivity index (χ0v) is 12.2. The van der Waals surface area contributed by atoms with Crippen LogP contribution in [0.1, 0.15) is 22.1 Å². The van der Waals surface area contributed by atoms with Crippen molar-refractivity contribution in [3.8, 4) is 0 Å². The van der Waals surface area contributed by atoms with E-state index in [-0.39, 0.29) is 5.56 Å². The molecular weight excluding hydrogens is 367 g/mol. The first-order valence-electron chi connectivity index (χ1n) is 4.94. The summed E-state index contributed by atoms with van der Waals surface area (Å²) < 4.78 is 39.4. The summed E-state index contributed by atoms with van der Waals surface area (Å²) in [5, 5.41) is 10.1. The lowest BCUT2D eigenvalue weighted by Gasteiger charge is -2.15. The molecule has 19 heavy (non-hydrogen) atoms. The lowest BCUT2D eigenvalue weighted by Crippen LogP contribution is -2.12. The summed E-state index contributed by atoms with van der Waals surface area (Å²) in [6, 6.07) is 2.33. The molecule has 2 aromatic rings. The molecule has 102 valence electrons. The third kappa shape index (κ3) is 3.10. The second kappa shape index (κ2) is 5.40.